The molecular formula is C21H34N2O6. The third-order valence-electron chi connectivity index (χ3n) is 3.79. The Bertz CT molecular complexity index is 735. The number of esters is 2. The molecule has 0 aliphatic heterocycles. The van der Waals surface area contributed by atoms with Crippen molar-refractivity contribution in [3.63, 3.8) is 0 Å². The maximum atomic E-state index is 11.5. The number of ether oxygens (including phenoxy) is 2. The van der Waals surface area contributed by atoms with Gasteiger partial charge in [-0.2, -0.15) is 5.10 Å². The van der Waals surface area contributed by atoms with Crippen molar-refractivity contribution in [2.24, 2.45) is 12.5 Å². The summed E-state index contributed by atoms with van der Waals surface area (Å²) >= 11 is 0. The third-order valence-corrected chi connectivity index (χ3v) is 3.79. The maximum absolute atomic E-state index is 11.5. The molecule has 0 saturated carbocycles. The van der Waals surface area contributed by atoms with Gasteiger partial charge in [0.05, 0.1) is 25.3 Å². The highest BCUT2D eigenvalue weighted by atomic mass is 16.5. The molecule has 0 unspecified atom stereocenters. The number of Topliss-reactive ketones (excluding diaryl/α,β-unsaturated/α-hetero) is 2. The zero-order valence-electron chi connectivity index (χ0n) is 19.0. The fraction of sp³-hybridized carbons (Fsp3) is 0.667. The number of carbonyl (C=O) groups is 4. The highest BCUT2D eigenvalue weighted by Gasteiger charge is 2.27. The van der Waals surface area contributed by atoms with Crippen LogP contribution in [0.3, 0.4) is 0 Å². The second kappa shape index (κ2) is 10.9. The van der Waals surface area contributed by atoms with E-state index in [9.17, 15) is 19.2 Å². The Kier molecular flexibility index (Phi) is 9.94. The Hall–Kier alpha value is -2.51. The lowest BCUT2D eigenvalue weighted by atomic mass is 9.88. The molecule has 8 heteroatoms. The molecule has 1 rings (SSSR count). The molecule has 0 bridgehead atoms. The van der Waals surface area contributed by atoms with E-state index < -0.39 is 17.2 Å². The molecule has 0 saturated heterocycles. The van der Waals surface area contributed by atoms with Crippen LogP contribution in [0, 0.1) is 5.41 Å². The molecule has 0 N–H and O–H groups in total. The molecule has 164 valence electrons. The molecule has 0 aliphatic carbocycles. The van der Waals surface area contributed by atoms with E-state index in [1.807, 2.05) is 0 Å². The van der Waals surface area contributed by atoms with Crippen LogP contribution in [-0.2, 0) is 36.3 Å². The lowest BCUT2D eigenvalue weighted by Crippen LogP contribution is -2.27. The van der Waals surface area contributed by atoms with E-state index in [1.165, 1.54) is 0 Å². The van der Waals surface area contributed by atoms with Crippen LogP contribution in [0.25, 0.3) is 0 Å². The number of nitrogens with zero attached hydrogens (tertiary/aromatic N) is 2. The smallest absolute Gasteiger partial charge is 0.375 e. The average molecular weight is 411 g/mol. The second-order valence-corrected chi connectivity index (χ2v) is 8.50. The van der Waals surface area contributed by atoms with Gasteiger partial charge < -0.3 is 9.47 Å². The van der Waals surface area contributed by atoms with E-state index in [-0.39, 0.29) is 30.2 Å². The molecule has 0 amide bonds. The summed E-state index contributed by atoms with van der Waals surface area (Å²) in [4.78, 5) is 44.9. The van der Waals surface area contributed by atoms with Gasteiger partial charge >= 0.3 is 11.9 Å². The van der Waals surface area contributed by atoms with Crippen molar-refractivity contribution in [1.29, 1.82) is 0 Å². The Labute approximate surface area is 172 Å². The Morgan fingerprint density at radius 3 is 1.86 bits per heavy atom. The Morgan fingerprint density at radius 2 is 1.48 bits per heavy atom. The first kappa shape index (κ1) is 26.5. The van der Waals surface area contributed by atoms with Gasteiger partial charge in [0.1, 0.15) is 11.5 Å². The topological polar surface area (TPSA) is 105 Å². The van der Waals surface area contributed by atoms with Gasteiger partial charge in [-0.05, 0) is 19.9 Å². The molecule has 0 aliphatic rings. The molecule has 1 aromatic rings. The van der Waals surface area contributed by atoms with Crippen LogP contribution < -0.4 is 0 Å². The molecule has 8 nitrogen and oxygen atoms in total. The van der Waals surface area contributed by atoms with E-state index in [2.05, 4.69) is 30.6 Å². The van der Waals surface area contributed by atoms with Gasteiger partial charge in [-0.1, -0.05) is 41.5 Å². The minimum absolute atomic E-state index is 0.0531. The third kappa shape index (κ3) is 9.02. The van der Waals surface area contributed by atoms with Crippen LogP contribution in [-0.4, -0.2) is 46.5 Å². The lowest BCUT2D eigenvalue weighted by Gasteiger charge is -2.15. The molecule has 0 radical (unpaired) electrons. The SMILES string of the molecule is CCOC(=O)C(=O)CC(=O)C(C)(C)C.CCOC(=O)c1cc(C(C)(C)C)nn1C. The zero-order valence-corrected chi connectivity index (χ0v) is 19.0. The van der Waals surface area contributed by atoms with Gasteiger partial charge in [0.15, 0.2) is 0 Å². The van der Waals surface area contributed by atoms with Gasteiger partial charge in [-0.3, -0.25) is 14.3 Å². The van der Waals surface area contributed by atoms with Crippen molar-refractivity contribution in [2.45, 2.75) is 67.2 Å². The molecule has 29 heavy (non-hydrogen) atoms. The minimum atomic E-state index is -0.926. The van der Waals surface area contributed by atoms with Gasteiger partial charge in [-0.25, -0.2) is 9.59 Å². The number of rotatable bonds is 6. The highest BCUT2D eigenvalue weighted by molar-refractivity contribution is 6.37. The Balaban J connectivity index is 0.000000543. The van der Waals surface area contributed by atoms with Crippen molar-refractivity contribution in [3.05, 3.63) is 17.5 Å². The van der Waals surface area contributed by atoms with Crippen molar-refractivity contribution in [1.82, 2.24) is 9.78 Å². The first-order chi connectivity index (χ1) is 13.1. The van der Waals surface area contributed by atoms with E-state index in [0.29, 0.717) is 12.3 Å². The molecule has 0 spiro atoms. The summed E-state index contributed by atoms with van der Waals surface area (Å²) in [6, 6.07) is 1.79. The van der Waals surface area contributed by atoms with Gasteiger partial charge in [0.2, 0.25) is 5.78 Å². The number of aromatic nitrogens is 2. The minimum Gasteiger partial charge on any atom is -0.461 e. The molecule has 1 aromatic heterocycles. The predicted octanol–water partition coefficient (Wildman–Crippen LogP) is 3.02. The molecule has 0 aromatic carbocycles. The molecule has 0 atom stereocenters. The van der Waals surface area contributed by atoms with Gasteiger partial charge in [-0.15, -0.1) is 0 Å². The first-order valence-electron chi connectivity index (χ1n) is 9.60. The summed E-state index contributed by atoms with van der Waals surface area (Å²) in [7, 11) is 1.75. The number of hydrogen-bond acceptors (Lipinski definition) is 7. The van der Waals surface area contributed by atoms with Crippen molar-refractivity contribution < 1.29 is 28.7 Å². The normalized spacial score (nSPS) is 11.2. The number of ketones is 2. The standard InChI is InChI=1S/C11H18N2O2.C10H16O4/c1-6-15-10(14)8-7-9(11(2,3)4)12-13(8)5;1-5-14-9(13)7(11)6-8(12)10(2,3)4/h7H,6H2,1-5H3;5-6H2,1-4H3. The molecule has 0 fully saturated rings. The molecule has 1 heterocycles. The van der Waals surface area contributed by atoms with Crippen LogP contribution in [0.15, 0.2) is 6.07 Å². The fourth-order valence-electron chi connectivity index (χ4n) is 1.92. The maximum Gasteiger partial charge on any atom is 0.375 e. The average Bonchev–Trinajstić information content (AvgIpc) is 2.97. The zero-order chi connectivity index (χ0) is 23.0. The van der Waals surface area contributed by atoms with Crippen LogP contribution in [0.4, 0.5) is 0 Å². The monoisotopic (exact) mass is 410 g/mol. The summed E-state index contributed by atoms with van der Waals surface area (Å²) in [5.74, 6) is -2.27. The van der Waals surface area contributed by atoms with E-state index in [0.717, 1.165) is 5.69 Å². The summed E-state index contributed by atoms with van der Waals surface area (Å²) in [6.07, 6.45) is -0.373. The number of aryl methyl sites for hydroxylation is 1. The van der Waals surface area contributed by atoms with E-state index >= 15 is 0 Å². The second-order valence-electron chi connectivity index (χ2n) is 8.50. The van der Waals surface area contributed by atoms with Crippen molar-refractivity contribution >= 4 is 23.5 Å². The largest absolute Gasteiger partial charge is 0.461 e. The van der Waals surface area contributed by atoms with Crippen LogP contribution in [0.2, 0.25) is 0 Å². The van der Waals surface area contributed by atoms with Crippen LogP contribution in [0.1, 0.15) is 78.0 Å². The predicted molar refractivity (Wildman–Crippen MR) is 109 cm³/mol. The molecular weight excluding hydrogens is 376 g/mol. The van der Waals surface area contributed by atoms with Crippen molar-refractivity contribution in [2.75, 3.05) is 13.2 Å². The number of hydrogen-bond donors (Lipinski definition) is 0. The van der Waals surface area contributed by atoms with E-state index in [4.69, 9.17) is 4.74 Å². The fourth-order valence-corrected chi connectivity index (χ4v) is 1.92. The first-order valence-corrected chi connectivity index (χ1v) is 9.60. The highest BCUT2D eigenvalue weighted by Crippen LogP contribution is 2.21. The van der Waals surface area contributed by atoms with Gasteiger partial charge in [0.25, 0.3) is 0 Å². The van der Waals surface area contributed by atoms with Crippen LogP contribution in [0.5, 0.6) is 0 Å². The number of carbonyl (C=O) groups excluding carboxylic acids is 4. The summed E-state index contributed by atoms with van der Waals surface area (Å²) in [5.41, 5.74) is 0.750. The quantitative estimate of drug-likeness (QED) is 0.403. The summed E-state index contributed by atoms with van der Waals surface area (Å²) in [6.45, 7) is 15.2. The van der Waals surface area contributed by atoms with Crippen LogP contribution >= 0.6 is 0 Å². The van der Waals surface area contributed by atoms with Crippen molar-refractivity contribution in [3.8, 4) is 0 Å². The summed E-state index contributed by atoms with van der Waals surface area (Å²) < 4.78 is 11.0. The lowest BCUT2D eigenvalue weighted by molar-refractivity contribution is -0.154. The summed E-state index contributed by atoms with van der Waals surface area (Å²) in [5, 5.41) is 4.30. The van der Waals surface area contributed by atoms with E-state index in [1.54, 1.807) is 52.4 Å². The van der Waals surface area contributed by atoms with Gasteiger partial charge in [0, 0.05) is 17.9 Å². The Morgan fingerprint density at radius 1 is 0.966 bits per heavy atom.